The van der Waals surface area contributed by atoms with Crippen LogP contribution in [0.2, 0.25) is 4.34 Å². The van der Waals surface area contributed by atoms with Crippen LogP contribution in [0.4, 0.5) is 0 Å². The number of hydrogen-bond donors (Lipinski definition) is 0. The van der Waals surface area contributed by atoms with Crippen LogP contribution in [0.5, 0.6) is 0 Å². The lowest BCUT2D eigenvalue weighted by Gasteiger charge is -2.02. The Balaban J connectivity index is 2.04. The number of aromatic nitrogens is 2. The topological polar surface area (TPSA) is 34.9 Å². The predicted octanol–water partition coefficient (Wildman–Crippen LogP) is 3.78. The molecule has 0 saturated carbocycles. The van der Waals surface area contributed by atoms with Gasteiger partial charge in [0.05, 0.1) is 22.6 Å². The summed E-state index contributed by atoms with van der Waals surface area (Å²) in [5.41, 5.74) is 0.0190. The second-order valence-corrected chi connectivity index (χ2v) is 7.08. The summed E-state index contributed by atoms with van der Waals surface area (Å²) in [4.78, 5) is 19.8. The summed E-state index contributed by atoms with van der Waals surface area (Å²) in [5.74, 6) is 0. The molecule has 0 aliphatic heterocycles. The molecule has 3 aromatic heterocycles. The van der Waals surface area contributed by atoms with E-state index >= 15 is 0 Å². The van der Waals surface area contributed by atoms with Crippen LogP contribution in [0.1, 0.15) is 16.7 Å². The minimum Gasteiger partial charge on any atom is -0.293 e. The molecule has 0 radical (unpaired) electrons. The first-order valence-electron chi connectivity index (χ1n) is 5.89. The van der Waals surface area contributed by atoms with Crippen LogP contribution in [0.15, 0.2) is 29.3 Å². The Hall–Kier alpha value is -1.17. The molecule has 0 atom stereocenters. The molecule has 0 aliphatic rings. The molecule has 0 aromatic carbocycles. The van der Waals surface area contributed by atoms with Crippen LogP contribution >= 0.6 is 34.3 Å². The SMILES string of the molecule is CCc1cc2c(=O)n(Cc3ccc(Cl)s3)cnc2s1. The van der Waals surface area contributed by atoms with E-state index in [1.807, 2.05) is 18.2 Å². The van der Waals surface area contributed by atoms with Gasteiger partial charge in [0.2, 0.25) is 0 Å². The average Bonchev–Trinajstić information content (AvgIpc) is 2.99. The van der Waals surface area contributed by atoms with Crippen LogP contribution in [-0.4, -0.2) is 9.55 Å². The van der Waals surface area contributed by atoms with E-state index in [0.717, 1.165) is 20.5 Å². The maximum Gasteiger partial charge on any atom is 0.262 e. The van der Waals surface area contributed by atoms with Crippen molar-refractivity contribution in [3.63, 3.8) is 0 Å². The van der Waals surface area contributed by atoms with Gasteiger partial charge in [0.15, 0.2) is 0 Å². The molecule has 0 saturated heterocycles. The molecule has 0 amide bonds. The molecule has 0 spiro atoms. The third-order valence-corrected chi connectivity index (χ3v) is 5.28. The summed E-state index contributed by atoms with van der Waals surface area (Å²) in [6.07, 6.45) is 2.55. The number of thiophene rings is 2. The van der Waals surface area contributed by atoms with Crippen molar-refractivity contribution in [3.8, 4) is 0 Å². The van der Waals surface area contributed by atoms with Crippen molar-refractivity contribution in [1.82, 2.24) is 9.55 Å². The fraction of sp³-hybridized carbons (Fsp3) is 0.231. The smallest absolute Gasteiger partial charge is 0.262 e. The van der Waals surface area contributed by atoms with Gasteiger partial charge in [-0.2, -0.15) is 0 Å². The first-order chi connectivity index (χ1) is 9.17. The molecule has 0 fully saturated rings. The van der Waals surface area contributed by atoms with Crippen LogP contribution in [-0.2, 0) is 13.0 Å². The Morgan fingerprint density at radius 2 is 2.16 bits per heavy atom. The normalized spacial score (nSPS) is 11.3. The van der Waals surface area contributed by atoms with Gasteiger partial charge in [-0.15, -0.1) is 22.7 Å². The van der Waals surface area contributed by atoms with Crippen molar-refractivity contribution in [2.45, 2.75) is 19.9 Å². The van der Waals surface area contributed by atoms with Crippen molar-refractivity contribution in [2.75, 3.05) is 0 Å². The largest absolute Gasteiger partial charge is 0.293 e. The Labute approximate surface area is 123 Å². The molecule has 3 heterocycles. The minimum atomic E-state index is 0.0190. The Morgan fingerprint density at radius 1 is 1.32 bits per heavy atom. The average molecular weight is 311 g/mol. The van der Waals surface area contributed by atoms with Crippen LogP contribution in [0, 0.1) is 0 Å². The fourth-order valence-electron chi connectivity index (χ4n) is 1.90. The summed E-state index contributed by atoms with van der Waals surface area (Å²) >= 11 is 8.98. The van der Waals surface area contributed by atoms with Gasteiger partial charge in [-0.05, 0) is 24.6 Å². The zero-order valence-electron chi connectivity index (χ0n) is 10.2. The second kappa shape index (κ2) is 5.07. The zero-order chi connectivity index (χ0) is 13.4. The Morgan fingerprint density at radius 3 is 2.84 bits per heavy atom. The number of fused-ring (bicyclic) bond motifs is 1. The van der Waals surface area contributed by atoms with Crippen molar-refractivity contribution in [3.05, 3.63) is 49.0 Å². The molecule has 3 rings (SSSR count). The molecule has 3 nitrogen and oxygen atoms in total. The van der Waals surface area contributed by atoms with Gasteiger partial charge < -0.3 is 0 Å². The summed E-state index contributed by atoms with van der Waals surface area (Å²) < 4.78 is 2.37. The van der Waals surface area contributed by atoms with Gasteiger partial charge in [0.25, 0.3) is 5.56 Å². The van der Waals surface area contributed by atoms with Gasteiger partial charge >= 0.3 is 0 Å². The highest BCUT2D eigenvalue weighted by molar-refractivity contribution is 7.18. The molecule has 0 bridgehead atoms. The van der Waals surface area contributed by atoms with Crippen molar-refractivity contribution < 1.29 is 0 Å². The lowest BCUT2D eigenvalue weighted by molar-refractivity contribution is 0.759. The minimum absolute atomic E-state index is 0.0190. The summed E-state index contributed by atoms with van der Waals surface area (Å²) in [6, 6.07) is 5.74. The predicted molar refractivity (Wildman–Crippen MR) is 81.7 cm³/mol. The highest BCUT2D eigenvalue weighted by Crippen LogP contribution is 2.23. The van der Waals surface area contributed by atoms with Gasteiger partial charge in [-0.3, -0.25) is 9.36 Å². The molecule has 0 aliphatic carbocycles. The van der Waals surface area contributed by atoms with E-state index in [1.54, 1.807) is 22.2 Å². The molecule has 98 valence electrons. The molecule has 0 N–H and O–H groups in total. The van der Waals surface area contributed by atoms with Gasteiger partial charge in [0, 0.05) is 9.75 Å². The number of rotatable bonds is 3. The van der Waals surface area contributed by atoms with Crippen LogP contribution < -0.4 is 5.56 Å². The van der Waals surface area contributed by atoms with E-state index in [1.165, 1.54) is 16.2 Å². The van der Waals surface area contributed by atoms with Crippen LogP contribution in [0.25, 0.3) is 10.2 Å². The van der Waals surface area contributed by atoms with Gasteiger partial charge in [-0.1, -0.05) is 18.5 Å². The second-order valence-electron chi connectivity index (χ2n) is 4.17. The third kappa shape index (κ3) is 2.45. The number of halogens is 1. The maximum absolute atomic E-state index is 12.4. The van der Waals surface area contributed by atoms with E-state index in [2.05, 4.69) is 11.9 Å². The standard InChI is InChI=1S/C13H11ClN2OS2/c1-2-8-5-10-12(19-8)15-7-16(13(10)17)6-9-3-4-11(14)18-9/h3-5,7H,2,6H2,1H3. The fourth-order valence-corrected chi connectivity index (χ4v) is 3.91. The van der Waals surface area contributed by atoms with E-state index in [9.17, 15) is 4.79 Å². The summed E-state index contributed by atoms with van der Waals surface area (Å²) in [6.45, 7) is 2.60. The monoisotopic (exact) mass is 310 g/mol. The van der Waals surface area contributed by atoms with E-state index in [-0.39, 0.29) is 5.56 Å². The zero-order valence-corrected chi connectivity index (χ0v) is 12.6. The Bertz CT molecular complexity index is 787. The van der Waals surface area contributed by atoms with Crippen molar-refractivity contribution in [1.29, 1.82) is 0 Å². The molecule has 6 heteroatoms. The Kier molecular flexibility index (Phi) is 3.43. The van der Waals surface area contributed by atoms with E-state index in [0.29, 0.717) is 11.9 Å². The number of aryl methyl sites for hydroxylation is 1. The highest BCUT2D eigenvalue weighted by atomic mass is 35.5. The van der Waals surface area contributed by atoms with Crippen molar-refractivity contribution in [2.24, 2.45) is 0 Å². The molecule has 19 heavy (non-hydrogen) atoms. The molecule has 3 aromatic rings. The number of nitrogens with zero attached hydrogens (tertiary/aromatic N) is 2. The van der Waals surface area contributed by atoms with E-state index in [4.69, 9.17) is 11.6 Å². The summed E-state index contributed by atoms with van der Waals surface area (Å²) in [5, 5.41) is 0.715. The quantitative estimate of drug-likeness (QED) is 0.738. The molecule has 0 unspecified atom stereocenters. The first-order valence-corrected chi connectivity index (χ1v) is 7.90. The first kappa shape index (κ1) is 12.8. The molecular weight excluding hydrogens is 300 g/mol. The summed E-state index contributed by atoms with van der Waals surface area (Å²) in [7, 11) is 0. The van der Waals surface area contributed by atoms with E-state index < -0.39 is 0 Å². The maximum atomic E-state index is 12.4. The lowest BCUT2D eigenvalue weighted by Crippen LogP contribution is -2.19. The highest BCUT2D eigenvalue weighted by Gasteiger charge is 2.09. The van der Waals surface area contributed by atoms with Gasteiger partial charge in [0.1, 0.15) is 4.83 Å². The van der Waals surface area contributed by atoms with Crippen LogP contribution in [0.3, 0.4) is 0 Å². The molecular formula is C13H11ClN2OS2. The third-order valence-electron chi connectivity index (χ3n) is 2.87. The van der Waals surface area contributed by atoms with Gasteiger partial charge in [-0.25, -0.2) is 4.98 Å². The lowest BCUT2D eigenvalue weighted by atomic mass is 10.3. The van der Waals surface area contributed by atoms with Crippen molar-refractivity contribution >= 4 is 44.5 Å². The number of hydrogen-bond acceptors (Lipinski definition) is 4.